The third kappa shape index (κ3) is 6.08. The summed E-state index contributed by atoms with van der Waals surface area (Å²) in [6.07, 6.45) is 1.31. The summed E-state index contributed by atoms with van der Waals surface area (Å²) in [5.41, 5.74) is 6.88. The molecule has 0 saturated heterocycles. The van der Waals surface area contributed by atoms with Crippen LogP contribution in [0.3, 0.4) is 0 Å². The van der Waals surface area contributed by atoms with Crippen LogP contribution in [0.15, 0.2) is 46.3 Å². The number of rotatable bonds is 7. The fourth-order valence-corrected chi connectivity index (χ4v) is 3.61. The molecule has 0 unspecified atom stereocenters. The summed E-state index contributed by atoms with van der Waals surface area (Å²) in [7, 11) is 0. The van der Waals surface area contributed by atoms with Gasteiger partial charge >= 0.3 is 0 Å². The smallest absolute Gasteiger partial charge is 0.227 e. The second-order valence-corrected chi connectivity index (χ2v) is 7.34. The third-order valence-electron chi connectivity index (χ3n) is 3.22. The van der Waals surface area contributed by atoms with E-state index in [1.165, 1.54) is 5.56 Å². The van der Waals surface area contributed by atoms with Gasteiger partial charge in [-0.1, -0.05) is 30.3 Å². The summed E-state index contributed by atoms with van der Waals surface area (Å²) in [6, 6.07) is 14.2. The van der Waals surface area contributed by atoms with Gasteiger partial charge in [-0.25, -0.2) is 0 Å². The molecule has 0 aliphatic carbocycles. The molecule has 120 valence electrons. The van der Waals surface area contributed by atoms with E-state index in [9.17, 15) is 4.79 Å². The van der Waals surface area contributed by atoms with Gasteiger partial charge in [0.25, 0.3) is 0 Å². The topological polar surface area (TPSA) is 46.3 Å². The predicted octanol–water partition coefficient (Wildman–Crippen LogP) is 3.50. The summed E-state index contributed by atoms with van der Waals surface area (Å²) in [5.74, 6) is 0.144. The Kier molecular flexibility index (Phi) is 8.71. The summed E-state index contributed by atoms with van der Waals surface area (Å²) in [5, 5.41) is 0. The number of benzene rings is 1. The molecule has 1 aromatic carbocycles. The SMILES string of the molecule is Cl.NCCN(CCc1ccccc1)C(=O)Cc1ccc(Br)s1. The van der Waals surface area contributed by atoms with Crippen LogP contribution >= 0.6 is 39.7 Å². The zero-order valence-electron chi connectivity index (χ0n) is 12.2. The molecule has 3 nitrogen and oxygen atoms in total. The molecule has 0 aliphatic rings. The number of halogens is 2. The highest BCUT2D eigenvalue weighted by atomic mass is 79.9. The molecule has 0 atom stereocenters. The molecule has 1 aromatic heterocycles. The zero-order chi connectivity index (χ0) is 15.1. The van der Waals surface area contributed by atoms with Gasteiger partial charge in [0.1, 0.15) is 0 Å². The average Bonchev–Trinajstić information content (AvgIpc) is 2.89. The molecule has 0 fully saturated rings. The highest BCUT2D eigenvalue weighted by Gasteiger charge is 2.14. The number of nitrogens with zero attached hydrogens (tertiary/aromatic N) is 1. The maximum Gasteiger partial charge on any atom is 0.227 e. The lowest BCUT2D eigenvalue weighted by Gasteiger charge is -2.22. The van der Waals surface area contributed by atoms with Crippen molar-refractivity contribution in [3.8, 4) is 0 Å². The summed E-state index contributed by atoms with van der Waals surface area (Å²) in [4.78, 5) is 15.3. The van der Waals surface area contributed by atoms with E-state index in [2.05, 4.69) is 28.1 Å². The Morgan fingerprint density at radius 2 is 1.86 bits per heavy atom. The van der Waals surface area contributed by atoms with Crippen molar-refractivity contribution in [2.45, 2.75) is 12.8 Å². The van der Waals surface area contributed by atoms with Crippen molar-refractivity contribution in [2.75, 3.05) is 19.6 Å². The second-order valence-electron chi connectivity index (χ2n) is 4.79. The van der Waals surface area contributed by atoms with E-state index in [0.717, 1.165) is 15.1 Å². The van der Waals surface area contributed by atoms with Crippen LogP contribution in [-0.4, -0.2) is 30.4 Å². The molecular weight excluding hydrogens is 384 g/mol. The Balaban J connectivity index is 0.00000242. The highest BCUT2D eigenvalue weighted by Crippen LogP contribution is 2.22. The van der Waals surface area contributed by atoms with Gasteiger partial charge in [-0.05, 0) is 40.0 Å². The molecule has 1 amide bonds. The van der Waals surface area contributed by atoms with Crippen LogP contribution in [0.5, 0.6) is 0 Å². The van der Waals surface area contributed by atoms with Gasteiger partial charge in [-0.2, -0.15) is 0 Å². The zero-order valence-corrected chi connectivity index (χ0v) is 15.4. The minimum absolute atomic E-state index is 0. The molecule has 22 heavy (non-hydrogen) atoms. The van der Waals surface area contributed by atoms with Crippen molar-refractivity contribution in [2.24, 2.45) is 5.73 Å². The van der Waals surface area contributed by atoms with Gasteiger partial charge in [0, 0.05) is 24.5 Å². The van der Waals surface area contributed by atoms with Gasteiger partial charge in [-0.15, -0.1) is 23.7 Å². The number of thiophene rings is 1. The molecule has 0 saturated carbocycles. The lowest BCUT2D eigenvalue weighted by molar-refractivity contribution is -0.130. The Morgan fingerprint density at radius 1 is 1.14 bits per heavy atom. The van der Waals surface area contributed by atoms with Crippen LogP contribution in [0.1, 0.15) is 10.4 Å². The Hall–Kier alpha value is -0.880. The van der Waals surface area contributed by atoms with Gasteiger partial charge in [0.2, 0.25) is 5.91 Å². The highest BCUT2D eigenvalue weighted by molar-refractivity contribution is 9.11. The molecule has 0 bridgehead atoms. The fourth-order valence-electron chi connectivity index (χ4n) is 2.13. The van der Waals surface area contributed by atoms with E-state index in [-0.39, 0.29) is 18.3 Å². The molecular formula is C16H20BrClN2OS. The van der Waals surface area contributed by atoms with Gasteiger partial charge in [0.15, 0.2) is 0 Å². The van der Waals surface area contributed by atoms with E-state index >= 15 is 0 Å². The first-order valence-corrected chi connectivity index (χ1v) is 8.56. The summed E-state index contributed by atoms with van der Waals surface area (Å²) < 4.78 is 1.06. The summed E-state index contributed by atoms with van der Waals surface area (Å²) in [6.45, 7) is 1.82. The molecule has 6 heteroatoms. The molecule has 0 spiro atoms. The van der Waals surface area contributed by atoms with Crippen molar-refractivity contribution >= 4 is 45.6 Å². The van der Waals surface area contributed by atoms with Crippen LogP contribution in [0.4, 0.5) is 0 Å². The number of amides is 1. The van der Waals surface area contributed by atoms with E-state index in [1.807, 2.05) is 35.2 Å². The first-order chi connectivity index (χ1) is 10.2. The van der Waals surface area contributed by atoms with Crippen LogP contribution in [0.2, 0.25) is 0 Å². The molecule has 0 aliphatic heterocycles. The quantitative estimate of drug-likeness (QED) is 0.769. The van der Waals surface area contributed by atoms with Crippen molar-refractivity contribution in [1.82, 2.24) is 4.90 Å². The molecule has 0 radical (unpaired) electrons. The van der Waals surface area contributed by atoms with Crippen molar-refractivity contribution in [1.29, 1.82) is 0 Å². The lowest BCUT2D eigenvalue weighted by Crippen LogP contribution is -2.37. The minimum Gasteiger partial charge on any atom is -0.341 e. The third-order valence-corrected chi connectivity index (χ3v) is 4.84. The Morgan fingerprint density at radius 3 is 2.45 bits per heavy atom. The van der Waals surface area contributed by atoms with Crippen LogP contribution in [0, 0.1) is 0 Å². The van der Waals surface area contributed by atoms with Gasteiger partial charge in [0.05, 0.1) is 10.2 Å². The maximum absolute atomic E-state index is 12.4. The first-order valence-electron chi connectivity index (χ1n) is 6.95. The van der Waals surface area contributed by atoms with Crippen molar-refractivity contribution in [3.05, 3.63) is 56.7 Å². The standard InChI is InChI=1S/C16H19BrN2OS.ClH/c17-15-7-6-14(21-15)12-16(20)19(11-9-18)10-8-13-4-2-1-3-5-13;/h1-7H,8-12,18H2;1H. The van der Waals surface area contributed by atoms with Crippen LogP contribution in [0.25, 0.3) is 0 Å². The number of carbonyl (C=O) groups excluding carboxylic acids is 1. The fraction of sp³-hybridized carbons (Fsp3) is 0.312. The van der Waals surface area contributed by atoms with Crippen LogP contribution < -0.4 is 5.73 Å². The van der Waals surface area contributed by atoms with E-state index in [0.29, 0.717) is 26.1 Å². The predicted molar refractivity (Wildman–Crippen MR) is 98.8 cm³/mol. The van der Waals surface area contributed by atoms with Gasteiger partial charge < -0.3 is 10.6 Å². The molecule has 2 aromatic rings. The van der Waals surface area contributed by atoms with E-state index < -0.39 is 0 Å². The number of nitrogens with two attached hydrogens (primary N) is 1. The van der Waals surface area contributed by atoms with Crippen molar-refractivity contribution < 1.29 is 4.79 Å². The number of carbonyl (C=O) groups is 1. The number of hydrogen-bond donors (Lipinski definition) is 1. The largest absolute Gasteiger partial charge is 0.341 e. The normalized spacial score (nSPS) is 10.1. The Bertz CT molecular complexity index is 577. The second kappa shape index (κ2) is 10.0. The monoisotopic (exact) mass is 402 g/mol. The molecule has 2 N–H and O–H groups in total. The average molecular weight is 404 g/mol. The minimum atomic E-state index is 0. The maximum atomic E-state index is 12.4. The van der Waals surface area contributed by atoms with Crippen LogP contribution in [-0.2, 0) is 17.6 Å². The summed E-state index contributed by atoms with van der Waals surface area (Å²) >= 11 is 5.03. The number of hydrogen-bond acceptors (Lipinski definition) is 3. The Labute approximate surface area is 150 Å². The first kappa shape index (κ1) is 19.2. The van der Waals surface area contributed by atoms with Gasteiger partial charge in [-0.3, -0.25) is 4.79 Å². The van der Waals surface area contributed by atoms with E-state index in [4.69, 9.17) is 5.73 Å². The molecule has 1 heterocycles. The lowest BCUT2D eigenvalue weighted by atomic mass is 10.1. The van der Waals surface area contributed by atoms with Crippen molar-refractivity contribution in [3.63, 3.8) is 0 Å². The van der Waals surface area contributed by atoms with E-state index in [1.54, 1.807) is 11.3 Å². The molecule has 2 rings (SSSR count).